The Bertz CT molecular complexity index is 965. The number of nitrogens with zero attached hydrogens (tertiary/aromatic N) is 3. The molecule has 3 aromatic rings. The molecule has 2 aromatic heterocycles. The summed E-state index contributed by atoms with van der Waals surface area (Å²) in [5, 5.41) is 10.9. The smallest absolute Gasteiger partial charge is 0.283 e. The third kappa shape index (κ3) is 5.17. The fourth-order valence-corrected chi connectivity index (χ4v) is 2.92. The first-order valence-electron chi connectivity index (χ1n) is 9.50. The Labute approximate surface area is 168 Å². The van der Waals surface area contributed by atoms with Crippen LogP contribution in [0.4, 0.5) is 5.69 Å². The summed E-state index contributed by atoms with van der Waals surface area (Å²) in [5.41, 5.74) is 1.14. The first kappa shape index (κ1) is 20.5. The molecule has 3 rings (SSSR count). The number of amides is 1. The van der Waals surface area contributed by atoms with Crippen molar-refractivity contribution in [3.8, 4) is 11.7 Å². The Balaban J connectivity index is 1.68. The van der Waals surface area contributed by atoms with Gasteiger partial charge < -0.3 is 14.2 Å². The van der Waals surface area contributed by atoms with Gasteiger partial charge in [-0.15, -0.1) is 10.2 Å². The summed E-state index contributed by atoms with van der Waals surface area (Å²) in [5.74, 6) is 0.986. The van der Waals surface area contributed by atoms with Gasteiger partial charge in [0.2, 0.25) is 11.8 Å². The average molecular weight is 396 g/mol. The van der Waals surface area contributed by atoms with Crippen LogP contribution in [0.1, 0.15) is 43.4 Å². The third-order valence-electron chi connectivity index (χ3n) is 4.51. The number of benzene rings is 1. The standard InChI is InChI=1S/C21H24N4O4/c1-4-10-25(13-19-23-24-21(29-19)18-9-6-11-28-18)14(2)20(27)22-17-8-5-7-16(12-17)15(3)26/h5-9,11-12,14H,4,10,13H2,1-3H3,(H,22,27)/t14-/m0/s1. The minimum absolute atomic E-state index is 0.0505. The van der Waals surface area contributed by atoms with Crippen LogP contribution in [-0.2, 0) is 11.3 Å². The highest BCUT2D eigenvalue weighted by atomic mass is 16.4. The normalized spacial score (nSPS) is 12.1. The second kappa shape index (κ2) is 9.29. The monoisotopic (exact) mass is 396 g/mol. The Morgan fingerprint density at radius 3 is 2.72 bits per heavy atom. The Kier molecular flexibility index (Phi) is 6.56. The minimum Gasteiger partial charge on any atom is -0.459 e. The summed E-state index contributed by atoms with van der Waals surface area (Å²) in [7, 11) is 0. The van der Waals surface area contributed by atoms with Crippen LogP contribution in [0.5, 0.6) is 0 Å². The van der Waals surface area contributed by atoms with Crippen molar-refractivity contribution in [3.63, 3.8) is 0 Å². The number of ketones is 1. The maximum atomic E-state index is 12.8. The van der Waals surface area contributed by atoms with Gasteiger partial charge in [-0.05, 0) is 51.1 Å². The van der Waals surface area contributed by atoms with Crippen LogP contribution in [0.3, 0.4) is 0 Å². The predicted molar refractivity (Wildman–Crippen MR) is 107 cm³/mol. The zero-order valence-electron chi connectivity index (χ0n) is 16.7. The highest BCUT2D eigenvalue weighted by Crippen LogP contribution is 2.19. The molecule has 0 aliphatic rings. The second-order valence-corrected chi connectivity index (χ2v) is 6.75. The molecule has 0 radical (unpaired) electrons. The molecule has 0 saturated carbocycles. The Morgan fingerprint density at radius 1 is 1.21 bits per heavy atom. The molecule has 1 aromatic carbocycles. The second-order valence-electron chi connectivity index (χ2n) is 6.75. The van der Waals surface area contributed by atoms with Gasteiger partial charge in [0, 0.05) is 11.3 Å². The van der Waals surface area contributed by atoms with Gasteiger partial charge in [0.15, 0.2) is 11.5 Å². The van der Waals surface area contributed by atoms with E-state index in [-0.39, 0.29) is 11.7 Å². The number of aromatic nitrogens is 2. The van der Waals surface area contributed by atoms with E-state index in [1.54, 1.807) is 36.4 Å². The van der Waals surface area contributed by atoms with Gasteiger partial charge in [0.05, 0.1) is 18.8 Å². The molecular formula is C21H24N4O4. The van der Waals surface area contributed by atoms with Crippen LogP contribution in [0.25, 0.3) is 11.7 Å². The van der Waals surface area contributed by atoms with E-state index in [0.717, 1.165) is 6.42 Å². The molecule has 0 aliphatic heterocycles. The molecule has 1 amide bonds. The first-order valence-corrected chi connectivity index (χ1v) is 9.50. The summed E-state index contributed by atoms with van der Waals surface area (Å²) >= 11 is 0. The number of Topliss-reactive ketones (excluding diaryl/α,β-unsaturated/α-hetero) is 1. The van der Waals surface area contributed by atoms with Crippen molar-refractivity contribution < 1.29 is 18.4 Å². The lowest BCUT2D eigenvalue weighted by atomic mass is 10.1. The lowest BCUT2D eigenvalue weighted by Crippen LogP contribution is -2.42. The topological polar surface area (TPSA) is 101 Å². The fourth-order valence-electron chi connectivity index (χ4n) is 2.92. The molecule has 0 saturated heterocycles. The number of furan rings is 1. The van der Waals surface area contributed by atoms with Gasteiger partial charge in [-0.25, -0.2) is 0 Å². The van der Waals surface area contributed by atoms with Crippen LogP contribution in [0.15, 0.2) is 51.5 Å². The maximum absolute atomic E-state index is 12.8. The summed E-state index contributed by atoms with van der Waals surface area (Å²) in [6, 6.07) is 9.95. The molecule has 8 heteroatoms. The van der Waals surface area contributed by atoms with Crippen LogP contribution in [0, 0.1) is 0 Å². The molecular weight excluding hydrogens is 372 g/mol. The highest BCUT2D eigenvalue weighted by molar-refractivity contribution is 5.98. The van der Waals surface area contributed by atoms with Gasteiger partial charge >= 0.3 is 0 Å². The lowest BCUT2D eigenvalue weighted by Gasteiger charge is -2.26. The van der Waals surface area contributed by atoms with Crippen LogP contribution in [0.2, 0.25) is 0 Å². The molecule has 1 atom stereocenters. The van der Waals surface area contributed by atoms with E-state index in [1.807, 2.05) is 18.7 Å². The third-order valence-corrected chi connectivity index (χ3v) is 4.51. The van der Waals surface area contributed by atoms with Gasteiger partial charge in [-0.2, -0.15) is 0 Å². The largest absolute Gasteiger partial charge is 0.459 e. The highest BCUT2D eigenvalue weighted by Gasteiger charge is 2.23. The maximum Gasteiger partial charge on any atom is 0.283 e. The van der Waals surface area contributed by atoms with Gasteiger partial charge in [-0.3, -0.25) is 14.5 Å². The summed E-state index contributed by atoms with van der Waals surface area (Å²) < 4.78 is 10.9. The van der Waals surface area contributed by atoms with Crippen molar-refractivity contribution in [2.24, 2.45) is 0 Å². The zero-order chi connectivity index (χ0) is 20.8. The molecule has 152 valence electrons. The average Bonchev–Trinajstić information content (AvgIpc) is 3.39. The van der Waals surface area contributed by atoms with E-state index in [9.17, 15) is 9.59 Å². The van der Waals surface area contributed by atoms with Crippen molar-refractivity contribution >= 4 is 17.4 Å². The first-order chi connectivity index (χ1) is 14.0. The number of rotatable bonds is 9. The van der Waals surface area contributed by atoms with Crippen LogP contribution < -0.4 is 5.32 Å². The molecule has 0 bridgehead atoms. The van der Waals surface area contributed by atoms with Crippen molar-refractivity contribution in [1.82, 2.24) is 15.1 Å². The van der Waals surface area contributed by atoms with Crippen molar-refractivity contribution in [2.45, 2.75) is 39.8 Å². The van der Waals surface area contributed by atoms with Crippen molar-refractivity contribution in [2.75, 3.05) is 11.9 Å². The van der Waals surface area contributed by atoms with Gasteiger partial charge in [-0.1, -0.05) is 19.1 Å². The molecule has 0 fully saturated rings. The molecule has 8 nitrogen and oxygen atoms in total. The Morgan fingerprint density at radius 2 is 2.03 bits per heavy atom. The quantitative estimate of drug-likeness (QED) is 0.549. The zero-order valence-corrected chi connectivity index (χ0v) is 16.7. The SMILES string of the molecule is CCCN(Cc1nnc(-c2ccco2)o1)[C@@H](C)C(=O)Nc1cccc(C(C)=O)c1. The molecule has 1 N–H and O–H groups in total. The minimum atomic E-state index is -0.435. The summed E-state index contributed by atoms with van der Waals surface area (Å²) in [4.78, 5) is 26.3. The van der Waals surface area contributed by atoms with Crippen LogP contribution >= 0.6 is 0 Å². The fraction of sp³-hybridized carbons (Fsp3) is 0.333. The predicted octanol–water partition coefficient (Wildman–Crippen LogP) is 3.77. The number of carbonyl (C=O) groups excluding carboxylic acids is 2. The van der Waals surface area contributed by atoms with E-state index in [1.165, 1.54) is 13.2 Å². The van der Waals surface area contributed by atoms with E-state index in [4.69, 9.17) is 8.83 Å². The lowest BCUT2D eigenvalue weighted by molar-refractivity contribution is -0.121. The van der Waals surface area contributed by atoms with E-state index < -0.39 is 6.04 Å². The van der Waals surface area contributed by atoms with E-state index >= 15 is 0 Å². The van der Waals surface area contributed by atoms with Gasteiger partial charge in [0.1, 0.15) is 0 Å². The molecule has 0 spiro atoms. The number of hydrogen-bond acceptors (Lipinski definition) is 7. The molecule has 2 heterocycles. The van der Waals surface area contributed by atoms with Crippen LogP contribution in [-0.4, -0.2) is 39.4 Å². The van der Waals surface area contributed by atoms with E-state index in [2.05, 4.69) is 15.5 Å². The summed E-state index contributed by atoms with van der Waals surface area (Å²) in [6.45, 7) is 6.37. The Hall–Kier alpha value is -3.26. The molecule has 0 unspecified atom stereocenters. The number of hydrogen-bond donors (Lipinski definition) is 1. The number of carbonyl (C=O) groups is 2. The molecule has 0 aliphatic carbocycles. The van der Waals surface area contributed by atoms with Crippen molar-refractivity contribution in [3.05, 3.63) is 54.1 Å². The van der Waals surface area contributed by atoms with E-state index in [0.29, 0.717) is 41.9 Å². The number of anilines is 1. The molecule has 29 heavy (non-hydrogen) atoms. The van der Waals surface area contributed by atoms with Crippen molar-refractivity contribution in [1.29, 1.82) is 0 Å². The summed E-state index contributed by atoms with van der Waals surface area (Å²) in [6.07, 6.45) is 2.40. The van der Waals surface area contributed by atoms with Gasteiger partial charge in [0.25, 0.3) is 5.89 Å². The number of nitrogens with one attached hydrogen (secondary N) is 1.